The molecule has 0 aliphatic carbocycles. The van der Waals surface area contributed by atoms with E-state index in [0.717, 1.165) is 5.56 Å². The van der Waals surface area contributed by atoms with Crippen LogP contribution in [0.5, 0.6) is 0 Å². The average molecular weight is 230 g/mol. The van der Waals surface area contributed by atoms with Crippen molar-refractivity contribution in [3.63, 3.8) is 0 Å². The third kappa shape index (κ3) is 2.44. The topological polar surface area (TPSA) is 38.9 Å². The largest absolute Gasteiger partial charge is 0.397 e. The minimum Gasteiger partial charge on any atom is -0.397 e. The third-order valence-corrected chi connectivity index (χ3v) is 2.70. The summed E-state index contributed by atoms with van der Waals surface area (Å²) in [5.41, 5.74) is 8.97. The van der Waals surface area contributed by atoms with Gasteiger partial charge in [0.2, 0.25) is 0 Å². The molecule has 0 amide bonds. The summed E-state index contributed by atoms with van der Waals surface area (Å²) in [5, 5.41) is 0. The van der Waals surface area contributed by atoms with Gasteiger partial charge >= 0.3 is 0 Å². The predicted molar refractivity (Wildman–Crippen MR) is 68.1 cm³/mol. The van der Waals surface area contributed by atoms with Crippen LogP contribution < -0.4 is 5.73 Å². The Balaban J connectivity index is 2.47. The van der Waals surface area contributed by atoms with Gasteiger partial charge in [-0.05, 0) is 29.7 Å². The number of nitrogens with zero attached hydrogens (tertiary/aromatic N) is 1. The molecule has 0 unspecified atom stereocenters. The zero-order chi connectivity index (χ0) is 12.4. The van der Waals surface area contributed by atoms with E-state index in [0.29, 0.717) is 22.9 Å². The summed E-state index contributed by atoms with van der Waals surface area (Å²) in [7, 11) is 0. The second kappa shape index (κ2) is 4.53. The maximum atomic E-state index is 13.1. The Kier molecular flexibility index (Phi) is 3.09. The molecule has 88 valence electrons. The van der Waals surface area contributed by atoms with Crippen molar-refractivity contribution in [3.8, 4) is 11.3 Å². The van der Waals surface area contributed by atoms with E-state index < -0.39 is 0 Å². The third-order valence-electron chi connectivity index (χ3n) is 2.70. The van der Waals surface area contributed by atoms with E-state index in [1.54, 1.807) is 18.3 Å². The normalized spacial score (nSPS) is 10.8. The van der Waals surface area contributed by atoms with Gasteiger partial charge in [-0.2, -0.15) is 0 Å². The van der Waals surface area contributed by atoms with Crippen LogP contribution in [-0.4, -0.2) is 4.98 Å². The van der Waals surface area contributed by atoms with Crippen LogP contribution in [0.3, 0.4) is 0 Å². The van der Waals surface area contributed by atoms with E-state index in [9.17, 15) is 4.39 Å². The maximum Gasteiger partial charge on any atom is 0.123 e. The molecule has 1 aromatic carbocycles. The highest BCUT2D eigenvalue weighted by atomic mass is 19.1. The molecule has 17 heavy (non-hydrogen) atoms. The molecule has 0 atom stereocenters. The lowest BCUT2D eigenvalue weighted by Gasteiger charge is -2.09. The summed E-state index contributed by atoms with van der Waals surface area (Å²) in [6.07, 6.45) is 1.79. The first-order valence-electron chi connectivity index (χ1n) is 5.59. The zero-order valence-corrected chi connectivity index (χ0v) is 9.94. The number of hydrogen-bond acceptors (Lipinski definition) is 2. The molecule has 0 bridgehead atoms. The Morgan fingerprint density at radius 3 is 2.59 bits per heavy atom. The highest BCUT2D eigenvalue weighted by Gasteiger charge is 2.08. The molecule has 1 aromatic heterocycles. The molecule has 2 aromatic rings. The van der Waals surface area contributed by atoms with Gasteiger partial charge in [-0.15, -0.1) is 0 Å². The van der Waals surface area contributed by atoms with Crippen LogP contribution in [0, 0.1) is 5.82 Å². The second-order valence-electron chi connectivity index (χ2n) is 4.37. The van der Waals surface area contributed by atoms with Crippen molar-refractivity contribution in [2.24, 2.45) is 0 Å². The van der Waals surface area contributed by atoms with Gasteiger partial charge in [-0.25, -0.2) is 4.39 Å². The first kappa shape index (κ1) is 11.6. The van der Waals surface area contributed by atoms with Crippen molar-refractivity contribution in [1.82, 2.24) is 4.98 Å². The second-order valence-corrected chi connectivity index (χ2v) is 4.37. The number of benzene rings is 1. The van der Waals surface area contributed by atoms with Crippen LogP contribution >= 0.6 is 0 Å². The fourth-order valence-electron chi connectivity index (χ4n) is 1.69. The fourth-order valence-corrected chi connectivity index (χ4v) is 1.69. The average Bonchev–Trinajstić information content (AvgIpc) is 2.28. The predicted octanol–water partition coefficient (Wildman–Crippen LogP) is 3.59. The summed E-state index contributed by atoms with van der Waals surface area (Å²) in [4.78, 5) is 4.32. The molecule has 0 aliphatic rings. The quantitative estimate of drug-likeness (QED) is 0.856. The Morgan fingerprint density at radius 1 is 1.24 bits per heavy atom. The molecule has 2 nitrogen and oxygen atoms in total. The van der Waals surface area contributed by atoms with E-state index in [1.807, 2.05) is 6.07 Å². The van der Waals surface area contributed by atoms with Crippen LogP contribution in [0.15, 0.2) is 36.5 Å². The lowest BCUT2D eigenvalue weighted by atomic mass is 10.0. The van der Waals surface area contributed by atoms with E-state index in [1.165, 1.54) is 12.1 Å². The van der Waals surface area contributed by atoms with Crippen molar-refractivity contribution in [2.45, 2.75) is 19.8 Å². The van der Waals surface area contributed by atoms with E-state index in [4.69, 9.17) is 5.73 Å². The van der Waals surface area contributed by atoms with E-state index >= 15 is 0 Å². The van der Waals surface area contributed by atoms with Gasteiger partial charge in [0, 0.05) is 11.8 Å². The van der Waals surface area contributed by atoms with Crippen molar-refractivity contribution >= 4 is 5.69 Å². The zero-order valence-electron chi connectivity index (χ0n) is 9.94. The molecule has 0 saturated heterocycles. The Labute approximate surface area is 100 Å². The number of hydrogen-bond donors (Lipinski definition) is 1. The van der Waals surface area contributed by atoms with Crippen molar-refractivity contribution < 1.29 is 4.39 Å². The monoisotopic (exact) mass is 230 g/mol. The Bertz CT molecular complexity index is 535. The number of anilines is 1. The van der Waals surface area contributed by atoms with Crippen molar-refractivity contribution in [2.75, 3.05) is 5.73 Å². The first-order chi connectivity index (χ1) is 8.08. The van der Waals surface area contributed by atoms with Gasteiger partial charge in [0.15, 0.2) is 0 Å². The minimum atomic E-state index is -0.281. The van der Waals surface area contributed by atoms with Gasteiger partial charge in [-0.1, -0.05) is 26.0 Å². The number of nitrogen functional groups attached to an aromatic ring is 1. The van der Waals surface area contributed by atoms with Crippen LogP contribution in [0.25, 0.3) is 11.3 Å². The molecule has 3 heteroatoms. The molecule has 0 spiro atoms. The SMILES string of the molecule is CC(C)c1cnc(-c2cccc(F)c2)c(N)c1. The molecule has 2 N–H and O–H groups in total. The van der Waals surface area contributed by atoms with Crippen molar-refractivity contribution in [3.05, 3.63) is 47.9 Å². The molecule has 0 aliphatic heterocycles. The lowest BCUT2D eigenvalue weighted by molar-refractivity contribution is 0.628. The molecule has 2 rings (SSSR count). The first-order valence-corrected chi connectivity index (χ1v) is 5.59. The summed E-state index contributed by atoms with van der Waals surface area (Å²) >= 11 is 0. The Morgan fingerprint density at radius 2 is 2.00 bits per heavy atom. The molecule has 0 radical (unpaired) electrons. The summed E-state index contributed by atoms with van der Waals surface area (Å²) in [5.74, 6) is 0.1000. The molecule has 0 saturated carbocycles. The Hall–Kier alpha value is -1.90. The van der Waals surface area contributed by atoms with E-state index in [2.05, 4.69) is 18.8 Å². The number of pyridine rings is 1. The van der Waals surface area contributed by atoms with Crippen molar-refractivity contribution in [1.29, 1.82) is 0 Å². The molecular formula is C14H15FN2. The van der Waals surface area contributed by atoms with Gasteiger partial charge in [0.1, 0.15) is 5.82 Å². The summed E-state index contributed by atoms with van der Waals surface area (Å²) in [6, 6.07) is 8.20. The summed E-state index contributed by atoms with van der Waals surface area (Å²) < 4.78 is 13.1. The molecule has 1 heterocycles. The highest BCUT2D eigenvalue weighted by molar-refractivity contribution is 5.72. The van der Waals surface area contributed by atoms with Gasteiger partial charge < -0.3 is 5.73 Å². The maximum absolute atomic E-state index is 13.1. The minimum absolute atomic E-state index is 0.281. The van der Waals surface area contributed by atoms with Gasteiger partial charge in [0.25, 0.3) is 0 Å². The standard InChI is InChI=1S/C14H15FN2/c1-9(2)11-7-13(16)14(17-8-11)10-4-3-5-12(15)6-10/h3-9H,16H2,1-2H3. The van der Waals surface area contributed by atoms with Gasteiger partial charge in [-0.3, -0.25) is 4.98 Å². The van der Waals surface area contributed by atoms with Crippen LogP contribution in [-0.2, 0) is 0 Å². The van der Waals surface area contributed by atoms with Gasteiger partial charge in [0.05, 0.1) is 11.4 Å². The molecular weight excluding hydrogens is 215 g/mol. The highest BCUT2D eigenvalue weighted by Crippen LogP contribution is 2.26. The smallest absolute Gasteiger partial charge is 0.123 e. The van der Waals surface area contributed by atoms with Crippen LogP contribution in [0.4, 0.5) is 10.1 Å². The van der Waals surface area contributed by atoms with Crippen LogP contribution in [0.2, 0.25) is 0 Å². The number of rotatable bonds is 2. The lowest BCUT2D eigenvalue weighted by Crippen LogP contribution is -1.97. The molecule has 0 fully saturated rings. The number of halogens is 1. The van der Waals surface area contributed by atoms with E-state index in [-0.39, 0.29) is 5.82 Å². The fraction of sp³-hybridized carbons (Fsp3) is 0.214. The summed E-state index contributed by atoms with van der Waals surface area (Å²) in [6.45, 7) is 4.16. The van der Waals surface area contributed by atoms with Crippen LogP contribution in [0.1, 0.15) is 25.3 Å². The number of nitrogens with two attached hydrogens (primary N) is 1. The number of aromatic nitrogens is 1.